The first-order chi connectivity index (χ1) is 13.4. The maximum atomic E-state index is 12.5. The highest BCUT2D eigenvalue weighted by Crippen LogP contribution is 2.27. The van der Waals surface area contributed by atoms with Gasteiger partial charge in [0.1, 0.15) is 18.0 Å². The van der Waals surface area contributed by atoms with Crippen molar-refractivity contribution in [3.05, 3.63) is 63.8 Å². The van der Waals surface area contributed by atoms with Crippen molar-refractivity contribution >= 4 is 45.5 Å². The van der Waals surface area contributed by atoms with E-state index in [1.807, 2.05) is 19.1 Å². The van der Waals surface area contributed by atoms with Crippen molar-refractivity contribution in [2.75, 3.05) is 19.0 Å². The van der Waals surface area contributed by atoms with E-state index in [1.54, 1.807) is 43.5 Å². The number of benzene rings is 2. The highest BCUT2D eigenvalue weighted by atomic mass is 79.9. The minimum atomic E-state index is -0.636. The standard InChI is InChI=1S/C20H18BrN3O4/c1-12-3-6-14(7-4-12)22-18(25)11-24-19(26)16(23-20(24)27)10-13-5-8-17(28-2)15(21)9-13/h3-10H,11H2,1-2H3,(H,22,25)(H,23,27)/b16-10+. The summed E-state index contributed by atoms with van der Waals surface area (Å²) < 4.78 is 5.89. The fraction of sp³-hybridized carbons (Fsp3) is 0.150. The van der Waals surface area contributed by atoms with Gasteiger partial charge in [-0.25, -0.2) is 9.69 Å². The molecule has 1 heterocycles. The molecule has 0 spiro atoms. The zero-order valence-electron chi connectivity index (χ0n) is 15.3. The summed E-state index contributed by atoms with van der Waals surface area (Å²) >= 11 is 3.37. The maximum Gasteiger partial charge on any atom is 0.329 e. The van der Waals surface area contributed by atoms with Gasteiger partial charge in [0.15, 0.2) is 0 Å². The quantitative estimate of drug-likeness (QED) is 0.548. The van der Waals surface area contributed by atoms with Gasteiger partial charge in [-0.15, -0.1) is 0 Å². The van der Waals surface area contributed by atoms with E-state index in [-0.39, 0.29) is 12.2 Å². The molecule has 0 saturated carbocycles. The topological polar surface area (TPSA) is 87.7 Å². The van der Waals surface area contributed by atoms with Gasteiger partial charge >= 0.3 is 6.03 Å². The molecule has 1 fully saturated rings. The molecule has 1 saturated heterocycles. The number of imide groups is 1. The summed E-state index contributed by atoms with van der Waals surface area (Å²) in [6, 6.07) is 11.8. The lowest BCUT2D eigenvalue weighted by atomic mass is 10.2. The lowest BCUT2D eigenvalue weighted by Gasteiger charge is -2.12. The van der Waals surface area contributed by atoms with Crippen LogP contribution in [0.15, 0.2) is 52.6 Å². The molecule has 0 aliphatic carbocycles. The first kappa shape index (κ1) is 19.6. The predicted octanol–water partition coefficient (Wildman–Crippen LogP) is 3.30. The molecule has 0 unspecified atom stereocenters. The maximum absolute atomic E-state index is 12.5. The zero-order valence-corrected chi connectivity index (χ0v) is 16.9. The second-order valence-electron chi connectivity index (χ2n) is 6.19. The second-order valence-corrected chi connectivity index (χ2v) is 7.04. The van der Waals surface area contributed by atoms with Gasteiger partial charge in [-0.1, -0.05) is 23.8 Å². The van der Waals surface area contributed by atoms with Gasteiger partial charge in [0.05, 0.1) is 11.6 Å². The Morgan fingerprint density at radius 3 is 2.57 bits per heavy atom. The lowest BCUT2D eigenvalue weighted by Crippen LogP contribution is -2.38. The summed E-state index contributed by atoms with van der Waals surface area (Å²) in [6.07, 6.45) is 1.54. The summed E-state index contributed by atoms with van der Waals surface area (Å²) in [7, 11) is 1.55. The van der Waals surface area contributed by atoms with Crippen molar-refractivity contribution in [2.45, 2.75) is 6.92 Å². The van der Waals surface area contributed by atoms with Crippen LogP contribution in [0.25, 0.3) is 6.08 Å². The van der Waals surface area contributed by atoms with E-state index in [4.69, 9.17) is 4.74 Å². The highest BCUT2D eigenvalue weighted by molar-refractivity contribution is 9.10. The van der Waals surface area contributed by atoms with Crippen molar-refractivity contribution in [3.8, 4) is 5.75 Å². The largest absolute Gasteiger partial charge is 0.496 e. The van der Waals surface area contributed by atoms with E-state index in [0.717, 1.165) is 14.9 Å². The molecule has 2 aromatic rings. The zero-order chi connectivity index (χ0) is 20.3. The van der Waals surface area contributed by atoms with Crippen molar-refractivity contribution in [3.63, 3.8) is 0 Å². The van der Waals surface area contributed by atoms with Crippen LogP contribution in [0.3, 0.4) is 0 Å². The molecule has 2 N–H and O–H groups in total. The number of methoxy groups -OCH3 is 1. The van der Waals surface area contributed by atoms with Crippen LogP contribution in [0.4, 0.5) is 10.5 Å². The highest BCUT2D eigenvalue weighted by Gasteiger charge is 2.34. The second kappa shape index (κ2) is 8.26. The lowest BCUT2D eigenvalue weighted by molar-refractivity contribution is -0.127. The number of urea groups is 1. The normalized spacial score (nSPS) is 15.0. The molecule has 3 rings (SSSR count). The van der Waals surface area contributed by atoms with Gasteiger partial charge in [0, 0.05) is 5.69 Å². The SMILES string of the molecule is COc1ccc(/C=C2/NC(=O)N(CC(=O)Nc3ccc(C)cc3)C2=O)cc1Br. The fourth-order valence-electron chi connectivity index (χ4n) is 2.64. The monoisotopic (exact) mass is 443 g/mol. The van der Waals surface area contributed by atoms with E-state index in [1.165, 1.54) is 0 Å². The van der Waals surface area contributed by atoms with Gasteiger partial charge in [-0.3, -0.25) is 9.59 Å². The van der Waals surface area contributed by atoms with E-state index in [0.29, 0.717) is 17.0 Å². The van der Waals surface area contributed by atoms with Crippen LogP contribution in [-0.2, 0) is 9.59 Å². The van der Waals surface area contributed by atoms with Gasteiger partial charge < -0.3 is 15.4 Å². The first-order valence-electron chi connectivity index (χ1n) is 8.42. The molecule has 28 heavy (non-hydrogen) atoms. The number of hydrogen-bond acceptors (Lipinski definition) is 4. The van der Waals surface area contributed by atoms with Crippen LogP contribution < -0.4 is 15.4 Å². The Morgan fingerprint density at radius 2 is 1.93 bits per heavy atom. The number of hydrogen-bond donors (Lipinski definition) is 2. The average Bonchev–Trinajstić information content (AvgIpc) is 2.91. The summed E-state index contributed by atoms with van der Waals surface area (Å²) in [5.74, 6) is -0.366. The Labute approximate surface area is 170 Å². The summed E-state index contributed by atoms with van der Waals surface area (Å²) in [5.41, 5.74) is 2.46. The van der Waals surface area contributed by atoms with Crippen molar-refractivity contribution in [1.82, 2.24) is 10.2 Å². The third-order valence-electron chi connectivity index (χ3n) is 4.09. The Bertz CT molecular complexity index is 970. The molecule has 7 nitrogen and oxygen atoms in total. The van der Waals surface area contributed by atoms with E-state index >= 15 is 0 Å². The Hall–Kier alpha value is -3.13. The third kappa shape index (κ3) is 4.40. The van der Waals surface area contributed by atoms with Gasteiger partial charge in [0.25, 0.3) is 5.91 Å². The molecular formula is C20H18BrN3O4. The smallest absolute Gasteiger partial charge is 0.329 e. The molecular weight excluding hydrogens is 426 g/mol. The van der Waals surface area contributed by atoms with Crippen LogP contribution in [0.5, 0.6) is 5.75 Å². The summed E-state index contributed by atoms with van der Waals surface area (Å²) in [5, 5.41) is 5.17. The summed E-state index contributed by atoms with van der Waals surface area (Å²) in [6.45, 7) is 1.57. The molecule has 0 atom stereocenters. The Balaban J connectivity index is 1.69. The van der Waals surface area contributed by atoms with E-state index in [9.17, 15) is 14.4 Å². The molecule has 0 radical (unpaired) electrons. The molecule has 1 aliphatic heterocycles. The number of rotatable bonds is 5. The third-order valence-corrected chi connectivity index (χ3v) is 4.71. The van der Waals surface area contributed by atoms with Crippen molar-refractivity contribution in [2.24, 2.45) is 0 Å². The van der Waals surface area contributed by atoms with Gasteiger partial charge in [-0.05, 0) is 58.8 Å². The minimum Gasteiger partial charge on any atom is -0.496 e. The number of aryl methyl sites for hydroxylation is 1. The van der Waals surface area contributed by atoms with Crippen LogP contribution in [-0.4, -0.2) is 36.4 Å². The number of carbonyl (C=O) groups excluding carboxylic acids is 3. The van der Waals surface area contributed by atoms with E-state index in [2.05, 4.69) is 26.6 Å². The number of amides is 4. The number of halogens is 1. The molecule has 144 valence electrons. The van der Waals surface area contributed by atoms with Crippen LogP contribution in [0, 0.1) is 6.92 Å². The number of nitrogens with zero attached hydrogens (tertiary/aromatic N) is 1. The predicted molar refractivity (Wildman–Crippen MR) is 109 cm³/mol. The first-order valence-corrected chi connectivity index (χ1v) is 9.21. The van der Waals surface area contributed by atoms with E-state index < -0.39 is 17.8 Å². The van der Waals surface area contributed by atoms with Crippen LogP contribution in [0.1, 0.15) is 11.1 Å². The van der Waals surface area contributed by atoms with Gasteiger partial charge in [-0.2, -0.15) is 0 Å². The summed E-state index contributed by atoms with van der Waals surface area (Å²) in [4.78, 5) is 37.7. The number of anilines is 1. The van der Waals surface area contributed by atoms with Crippen molar-refractivity contribution in [1.29, 1.82) is 0 Å². The minimum absolute atomic E-state index is 0.102. The Morgan fingerprint density at radius 1 is 1.21 bits per heavy atom. The molecule has 0 bridgehead atoms. The van der Waals surface area contributed by atoms with Crippen molar-refractivity contribution < 1.29 is 19.1 Å². The molecule has 8 heteroatoms. The average molecular weight is 444 g/mol. The number of carbonyl (C=O) groups is 3. The molecule has 1 aliphatic rings. The van der Waals surface area contributed by atoms with Crippen LogP contribution >= 0.6 is 15.9 Å². The molecule has 0 aromatic heterocycles. The van der Waals surface area contributed by atoms with Gasteiger partial charge in [0.2, 0.25) is 5.91 Å². The molecule has 2 aromatic carbocycles. The Kier molecular flexibility index (Phi) is 5.79. The number of nitrogens with one attached hydrogen (secondary N) is 2. The van der Waals surface area contributed by atoms with Crippen LogP contribution in [0.2, 0.25) is 0 Å². The number of ether oxygens (including phenoxy) is 1. The molecule has 4 amide bonds. The fourth-order valence-corrected chi connectivity index (χ4v) is 3.19.